The van der Waals surface area contributed by atoms with Gasteiger partial charge in [0.15, 0.2) is 0 Å². The molecule has 2 saturated heterocycles. The summed E-state index contributed by atoms with van der Waals surface area (Å²) in [7, 11) is 0. The summed E-state index contributed by atoms with van der Waals surface area (Å²) >= 11 is 0. The molecule has 2 aliphatic rings. The Morgan fingerprint density at radius 2 is 2.16 bits per heavy atom. The van der Waals surface area contributed by atoms with Gasteiger partial charge in [0, 0.05) is 37.4 Å². The molecule has 6 nitrogen and oxygen atoms in total. The Kier molecular flexibility index (Phi) is 3.02. The van der Waals surface area contributed by atoms with Gasteiger partial charge in [-0.2, -0.15) is 0 Å². The second kappa shape index (κ2) is 4.70. The van der Waals surface area contributed by atoms with Gasteiger partial charge in [-0.3, -0.25) is 15.0 Å². The van der Waals surface area contributed by atoms with Crippen LogP contribution in [0.2, 0.25) is 0 Å². The van der Waals surface area contributed by atoms with Crippen molar-refractivity contribution in [3.05, 3.63) is 28.3 Å². The van der Waals surface area contributed by atoms with Crippen LogP contribution in [-0.2, 0) is 0 Å². The SMILES string of the molecule is Nc1cc(N2CCN3CCCC3C2)ccc1[N+](=O)[O-]. The third-order valence-corrected chi connectivity index (χ3v) is 4.16. The first-order valence-electron chi connectivity index (χ1n) is 6.68. The Balaban J connectivity index is 1.79. The molecule has 2 fully saturated rings. The number of nitrogen functional groups attached to an aromatic ring is 1. The highest BCUT2D eigenvalue weighted by atomic mass is 16.6. The average molecular weight is 262 g/mol. The summed E-state index contributed by atoms with van der Waals surface area (Å²) in [5.74, 6) is 0. The lowest BCUT2D eigenvalue weighted by atomic mass is 10.1. The summed E-state index contributed by atoms with van der Waals surface area (Å²) in [6.07, 6.45) is 2.53. The first-order chi connectivity index (χ1) is 9.15. The van der Waals surface area contributed by atoms with Gasteiger partial charge in [0.1, 0.15) is 5.69 Å². The van der Waals surface area contributed by atoms with Gasteiger partial charge in [0.2, 0.25) is 0 Å². The number of nitrogens with zero attached hydrogens (tertiary/aromatic N) is 3. The highest BCUT2D eigenvalue weighted by molar-refractivity contribution is 5.66. The van der Waals surface area contributed by atoms with E-state index in [9.17, 15) is 10.1 Å². The molecule has 0 aliphatic carbocycles. The normalized spacial score (nSPS) is 23.4. The maximum absolute atomic E-state index is 10.8. The minimum absolute atomic E-state index is 0.0109. The predicted molar refractivity (Wildman–Crippen MR) is 74.3 cm³/mol. The van der Waals surface area contributed by atoms with Crippen molar-refractivity contribution in [1.29, 1.82) is 0 Å². The number of hydrogen-bond donors (Lipinski definition) is 1. The third-order valence-electron chi connectivity index (χ3n) is 4.16. The van der Waals surface area contributed by atoms with Crippen LogP contribution < -0.4 is 10.6 Å². The summed E-state index contributed by atoms with van der Waals surface area (Å²) in [6, 6.07) is 5.67. The Hall–Kier alpha value is -1.82. The average Bonchev–Trinajstić information content (AvgIpc) is 2.85. The van der Waals surface area contributed by atoms with Crippen molar-refractivity contribution in [2.75, 3.05) is 36.8 Å². The van der Waals surface area contributed by atoms with Gasteiger partial charge >= 0.3 is 0 Å². The van der Waals surface area contributed by atoms with E-state index in [0.717, 1.165) is 25.3 Å². The molecule has 1 unspecified atom stereocenters. The van der Waals surface area contributed by atoms with E-state index in [-0.39, 0.29) is 11.4 Å². The van der Waals surface area contributed by atoms with Crippen LogP contribution >= 0.6 is 0 Å². The smallest absolute Gasteiger partial charge is 0.292 e. The van der Waals surface area contributed by atoms with Crippen LogP contribution in [-0.4, -0.2) is 42.0 Å². The van der Waals surface area contributed by atoms with Crippen molar-refractivity contribution < 1.29 is 4.92 Å². The van der Waals surface area contributed by atoms with Crippen molar-refractivity contribution in [3.63, 3.8) is 0 Å². The number of nitro benzene ring substituents is 1. The molecule has 0 saturated carbocycles. The number of hydrogen-bond acceptors (Lipinski definition) is 5. The van der Waals surface area contributed by atoms with E-state index in [4.69, 9.17) is 5.73 Å². The van der Waals surface area contributed by atoms with Crippen molar-refractivity contribution >= 4 is 17.1 Å². The predicted octanol–water partition coefficient (Wildman–Crippen LogP) is 1.46. The molecular weight excluding hydrogens is 244 g/mol. The van der Waals surface area contributed by atoms with Gasteiger partial charge in [-0.05, 0) is 31.5 Å². The van der Waals surface area contributed by atoms with Gasteiger partial charge in [-0.15, -0.1) is 0 Å². The molecule has 6 heteroatoms. The number of benzene rings is 1. The molecule has 2 N–H and O–H groups in total. The van der Waals surface area contributed by atoms with E-state index >= 15 is 0 Å². The van der Waals surface area contributed by atoms with Crippen LogP contribution in [0.15, 0.2) is 18.2 Å². The van der Waals surface area contributed by atoms with Crippen LogP contribution in [0.1, 0.15) is 12.8 Å². The standard InChI is InChI=1S/C13H18N4O2/c14-12-8-10(3-4-13(12)17(18)19)16-7-6-15-5-1-2-11(15)9-16/h3-4,8,11H,1-2,5-7,9,14H2. The van der Waals surface area contributed by atoms with E-state index in [1.54, 1.807) is 12.1 Å². The van der Waals surface area contributed by atoms with E-state index in [0.29, 0.717) is 6.04 Å². The third kappa shape index (κ3) is 2.23. The fraction of sp³-hybridized carbons (Fsp3) is 0.538. The summed E-state index contributed by atoms with van der Waals surface area (Å²) in [5, 5.41) is 10.8. The van der Waals surface area contributed by atoms with Gasteiger partial charge < -0.3 is 10.6 Å². The summed E-state index contributed by atoms with van der Waals surface area (Å²) < 4.78 is 0. The summed E-state index contributed by atoms with van der Waals surface area (Å²) in [4.78, 5) is 15.1. The first kappa shape index (κ1) is 12.2. The second-order valence-electron chi connectivity index (χ2n) is 5.28. The number of nitro groups is 1. The molecule has 1 atom stereocenters. The molecule has 102 valence electrons. The highest BCUT2D eigenvalue weighted by Gasteiger charge is 2.30. The number of nitrogens with two attached hydrogens (primary N) is 1. The molecule has 1 aromatic rings. The van der Waals surface area contributed by atoms with Crippen LogP contribution in [0.3, 0.4) is 0 Å². The molecule has 19 heavy (non-hydrogen) atoms. The molecule has 0 amide bonds. The minimum Gasteiger partial charge on any atom is -0.393 e. The zero-order chi connectivity index (χ0) is 13.4. The zero-order valence-electron chi connectivity index (χ0n) is 10.8. The quantitative estimate of drug-likeness (QED) is 0.496. The topological polar surface area (TPSA) is 75.6 Å². The maximum atomic E-state index is 10.8. The minimum atomic E-state index is -0.436. The summed E-state index contributed by atoms with van der Waals surface area (Å²) in [6.45, 7) is 4.24. The fourth-order valence-electron chi connectivity index (χ4n) is 3.13. The van der Waals surface area contributed by atoms with Gasteiger partial charge in [-0.1, -0.05) is 0 Å². The molecule has 3 rings (SSSR count). The van der Waals surface area contributed by atoms with Crippen molar-refractivity contribution in [2.45, 2.75) is 18.9 Å². The molecule has 0 bridgehead atoms. The summed E-state index contributed by atoms with van der Waals surface area (Å²) in [5.41, 5.74) is 6.99. The molecule has 0 radical (unpaired) electrons. The van der Waals surface area contributed by atoms with Gasteiger partial charge in [0.05, 0.1) is 4.92 Å². The Morgan fingerprint density at radius 3 is 2.89 bits per heavy atom. The van der Waals surface area contributed by atoms with Crippen molar-refractivity contribution in [2.24, 2.45) is 0 Å². The molecule has 2 aliphatic heterocycles. The molecule has 0 spiro atoms. The lowest BCUT2D eigenvalue weighted by Gasteiger charge is -2.38. The van der Waals surface area contributed by atoms with Gasteiger partial charge in [0.25, 0.3) is 5.69 Å². The molecule has 2 heterocycles. The number of piperazine rings is 1. The Bertz CT molecular complexity index is 505. The van der Waals surface area contributed by atoms with Crippen LogP contribution in [0.4, 0.5) is 17.1 Å². The number of rotatable bonds is 2. The monoisotopic (exact) mass is 262 g/mol. The highest BCUT2D eigenvalue weighted by Crippen LogP contribution is 2.30. The Labute approximate surface area is 111 Å². The Morgan fingerprint density at radius 1 is 1.32 bits per heavy atom. The first-order valence-corrected chi connectivity index (χ1v) is 6.68. The van der Waals surface area contributed by atoms with Crippen molar-refractivity contribution in [3.8, 4) is 0 Å². The molecular formula is C13H18N4O2. The van der Waals surface area contributed by atoms with E-state index in [1.165, 1.54) is 25.5 Å². The van der Waals surface area contributed by atoms with Crippen molar-refractivity contribution in [1.82, 2.24) is 4.90 Å². The van der Waals surface area contributed by atoms with Gasteiger partial charge in [-0.25, -0.2) is 0 Å². The van der Waals surface area contributed by atoms with Crippen LogP contribution in [0, 0.1) is 10.1 Å². The largest absolute Gasteiger partial charge is 0.393 e. The number of anilines is 2. The van der Waals surface area contributed by atoms with E-state index in [1.807, 2.05) is 0 Å². The lowest BCUT2D eigenvalue weighted by Crippen LogP contribution is -2.50. The van der Waals surface area contributed by atoms with Crippen LogP contribution in [0.5, 0.6) is 0 Å². The fourth-order valence-corrected chi connectivity index (χ4v) is 3.13. The van der Waals surface area contributed by atoms with E-state index < -0.39 is 4.92 Å². The maximum Gasteiger partial charge on any atom is 0.292 e. The zero-order valence-corrected chi connectivity index (χ0v) is 10.8. The molecule has 1 aromatic carbocycles. The molecule has 0 aromatic heterocycles. The van der Waals surface area contributed by atoms with E-state index in [2.05, 4.69) is 9.80 Å². The number of fused-ring (bicyclic) bond motifs is 1. The lowest BCUT2D eigenvalue weighted by molar-refractivity contribution is -0.383. The van der Waals surface area contributed by atoms with Crippen LogP contribution in [0.25, 0.3) is 0 Å². The second-order valence-corrected chi connectivity index (χ2v) is 5.28.